The van der Waals surface area contributed by atoms with E-state index in [0.29, 0.717) is 24.9 Å². The molecule has 0 bridgehead atoms. The summed E-state index contributed by atoms with van der Waals surface area (Å²) >= 11 is 0. The molecule has 134 valence electrons. The van der Waals surface area contributed by atoms with Crippen LogP contribution in [0.1, 0.15) is 42.1 Å². The Morgan fingerprint density at radius 2 is 2.04 bits per heavy atom. The summed E-state index contributed by atoms with van der Waals surface area (Å²) in [5, 5.41) is 2.48. The zero-order valence-electron chi connectivity index (χ0n) is 14.9. The molecule has 0 fully saturated rings. The number of methoxy groups -OCH3 is 1. The van der Waals surface area contributed by atoms with Crippen molar-refractivity contribution in [2.45, 2.75) is 26.2 Å². The van der Waals surface area contributed by atoms with Crippen molar-refractivity contribution in [1.29, 1.82) is 0 Å². The number of carbonyl (C=O) groups excluding carboxylic acids is 3. The van der Waals surface area contributed by atoms with Gasteiger partial charge in [-0.2, -0.15) is 0 Å². The highest BCUT2D eigenvalue weighted by Crippen LogP contribution is 2.04. The minimum Gasteiger partial charge on any atom is -0.468 e. The van der Waals surface area contributed by atoms with E-state index in [1.807, 2.05) is 13.0 Å². The molecular weight excluding hydrogens is 320 g/mol. The Morgan fingerprint density at radius 3 is 2.72 bits per heavy atom. The highest BCUT2D eigenvalue weighted by molar-refractivity contribution is 5.96. The zero-order valence-corrected chi connectivity index (χ0v) is 14.9. The van der Waals surface area contributed by atoms with Crippen molar-refractivity contribution in [1.82, 2.24) is 10.2 Å². The van der Waals surface area contributed by atoms with Crippen molar-refractivity contribution in [2.75, 3.05) is 27.2 Å². The number of hydrogen-bond donors (Lipinski definition) is 1. The van der Waals surface area contributed by atoms with Crippen molar-refractivity contribution in [3.05, 3.63) is 35.4 Å². The monoisotopic (exact) mass is 344 g/mol. The van der Waals surface area contributed by atoms with Gasteiger partial charge in [0.1, 0.15) is 6.54 Å². The van der Waals surface area contributed by atoms with E-state index < -0.39 is 5.97 Å². The van der Waals surface area contributed by atoms with Crippen LogP contribution in [0.3, 0.4) is 0 Å². The van der Waals surface area contributed by atoms with Gasteiger partial charge in [-0.1, -0.05) is 24.8 Å². The van der Waals surface area contributed by atoms with Crippen LogP contribution in [0.25, 0.3) is 0 Å². The molecule has 6 nitrogen and oxygen atoms in total. The molecule has 0 aromatic heterocycles. The third-order valence-corrected chi connectivity index (χ3v) is 3.50. The lowest BCUT2D eigenvalue weighted by atomic mass is 10.1. The fourth-order valence-electron chi connectivity index (χ4n) is 2.03. The maximum Gasteiger partial charge on any atom is 0.325 e. The van der Waals surface area contributed by atoms with Crippen LogP contribution in [0.5, 0.6) is 0 Å². The van der Waals surface area contributed by atoms with Gasteiger partial charge in [-0.15, -0.1) is 0 Å². The average Bonchev–Trinajstić information content (AvgIpc) is 2.64. The summed E-state index contributed by atoms with van der Waals surface area (Å²) in [6.07, 6.45) is 1.97. The zero-order chi connectivity index (χ0) is 18.7. The Morgan fingerprint density at radius 1 is 1.28 bits per heavy atom. The maximum absolute atomic E-state index is 12.0. The molecule has 0 aliphatic rings. The summed E-state index contributed by atoms with van der Waals surface area (Å²) in [6, 6.07) is 6.89. The van der Waals surface area contributed by atoms with Crippen LogP contribution in [0.4, 0.5) is 0 Å². The lowest BCUT2D eigenvalue weighted by molar-refractivity contribution is -0.139. The molecule has 0 spiro atoms. The number of rotatable bonds is 7. The third-order valence-electron chi connectivity index (χ3n) is 3.50. The molecular formula is C19H24N2O4. The van der Waals surface area contributed by atoms with Gasteiger partial charge in [0.15, 0.2) is 0 Å². The lowest BCUT2D eigenvalue weighted by Crippen LogP contribution is -2.30. The molecule has 0 saturated carbocycles. The minimum atomic E-state index is -0.504. The molecule has 25 heavy (non-hydrogen) atoms. The first-order valence-electron chi connectivity index (χ1n) is 8.15. The predicted octanol–water partition coefficient (Wildman–Crippen LogP) is 1.59. The molecule has 0 unspecified atom stereocenters. The SMILES string of the molecule is CCC(=O)N(C)CCCC#Cc1cccc(C(=O)NCC(=O)OC)c1. The van der Waals surface area contributed by atoms with E-state index in [1.165, 1.54) is 7.11 Å². The molecule has 6 heteroatoms. The van der Waals surface area contributed by atoms with Gasteiger partial charge in [0.25, 0.3) is 5.91 Å². The summed E-state index contributed by atoms with van der Waals surface area (Å²) in [5.41, 5.74) is 1.16. The number of nitrogens with zero attached hydrogens (tertiary/aromatic N) is 1. The second-order valence-corrected chi connectivity index (χ2v) is 5.41. The summed E-state index contributed by atoms with van der Waals surface area (Å²) in [5.74, 6) is 5.32. The molecule has 0 heterocycles. The molecule has 0 aliphatic heterocycles. The first-order chi connectivity index (χ1) is 12.0. The highest BCUT2D eigenvalue weighted by Gasteiger charge is 2.08. The number of carbonyl (C=O) groups is 3. The Balaban J connectivity index is 2.52. The second-order valence-electron chi connectivity index (χ2n) is 5.41. The second kappa shape index (κ2) is 10.9. The van der Waals surface area contributed by atoms with E-state index >= 15 is 0 Å². The Labute approximate surface area is 148 Å². The Bertz CT molecular complexity index is 673. The van der Waals surface area contributed by atoms with Gasteiger partial charge >= 0.3 is 5.97 Å². The van der Waals surface area contributed by atoms with Crippen LogP contribution < -0.4 is 5.32 Å². The third kappa shape index (κ3) is 7.53. The van der Waals surface area contributed by atoms with E-state index in [0.717, 1.165) is 12.0 Å². The summed E-state index contributed by atoms with van der Waals surface area (Å²) < 4.78 is 4.47. The molecule has 2 amide bonds. The Kier molecular flexibility index (Phi) is 8.80. The van der Waals surface area contributed by atoms with Gasteiger partial charge < -0.3 is 15.0 Å². The average molecular weight is 344 g/mol. The fraction of sp³-hybridized carbons (Fsp3) is 0.421. The topological polar surface area (TPSA) is 75.7 Å². The molecule has 0 atom stereocenters. The van der Waals surface area contributed by atoms with Crippen LogP contribution in [-0.2, 0) is 14.3 Å². The van der Waals surface area contributed by atoms with Crippen LogP contribution >= 0.6 is 0 Å². The first kappa shape index (κ1) is 20.2. The summed E-state index contributed by atoms with van der Waals surface area (Å²) in [4.78, 5) is 36.1. The van der Waals surface area contributed by atoms with Crippen molar-refractivity contribution >= 4 is 17.8 Å². The predicted molar refractivity (Wildman–Crippen MR) is 94.8 cm³/mol. The summed E-state index contributed by atoms with van der Waals surface area (Å²) in [7, 11) is 3.05. The number of nitrogens with one attached hydrogen (secondary N) is 1. The normalized spacial score (nSPS) is 9.56. The first-order valence-corrected chi connectivity index (χ1v) is 8.15. The van der Waals surface area contributed by atoms with E-state index in [1.54, 1.807) is 30.1 Å². The molecule has 1 N–H and O–H groups in total. The van der Waals surface area contributed by atoms with Gasteiger partial charge in [-0.25, -0.2) is 0 Å². The number of amides is 2. The molecule has 1 aromatic rings. The van der Waals surface area contributed by atoms with E-state index in [9.17, 15) is 14.4 Å². The number of hydrogen-bond acceptors (Lipinski definition) is 4. The van der Waals surface area contributed by atoms with Crippen LogP contribution in [0, 0.1) is 11.8 Å². The fourth-order valence-corrected chi connectivity index (χ4v) is 2.03. The molecule has 1 rings (SSSR count). The lowest BCUT2D eigenvalue weighted by Gasteiger charge is -2.14. The van der Waals surface area contributed by atoms with Crippen LogP contribution in [0.2, 0.25) is 0 Å². The largest absolute Gasteiger partial charge is 0.468 e. The smallest absolute Gasteiger partial charge is 0.325 e. The number of ether oxygens (including phenoxy) is 1. The number of esters is 1. The quantitative estimate of drug-likeness (QED) is 0.463. The van der Waals surface area contributed by atoms with Crippen molar-refractivity contribution in [2.24, 2.45) is 0 Å². The molecule has 0 aliphatic carbocycles. The van der Waals surface area contributed by atoms with Gasteiger partial charge in [-0.05, 0) is 24.6 Å². The standard InChI is InChI=1S/C19H24N2O4/c1-4-17(22)21(2)12-7-5-6-9-15-10-8-11-16(13-15)19(24)20-14-18(23)25-3/h8,10-11,13H,4-5,7,12,14H2,1-3H3,(H,20,24). The van der Waals surface area contributed by atoms with Crippen molar-refractivity contribution < 1.29 is 19.1 Å². The minimum absolute atomic E-state index is 0.124. The van der Waals surface area contributed by atoms with Gasteiger partial charge in [-0.3, -0.25) is 14.4 Å². The van der Waals surface area contributed by atoms with Gasteiger partial charge in [0, 0.05) is 37.6 Å². The maximum atomic E-state index is 12.0. The van der Waals surface area contributed by atoms with E-state index in [4.69, 9.17) is 0 Å². The van der Waals surface area contributed by atoms with Crippen molar-refractivity contribution in [3.63, 3.8) is 0 Å². The molecule has 1 aromatic carbocycles. The number of benzene rings is 1. The van der Waals surface area contributed by atoms with Gasteiger partial charge in [0.05, 0.1) is 7.11 Å². The Hall–Kier alpha value is -2.81. The van der Waals surface area contributed by atoms with Gasteiger partial charge in [0.2, 0.25) is 5.91 Å². The number of unbranched alkanes of at least 4 members (excludes halogenated alkanes) is 1. The highest BCUT2D eigenvalue weighted by atomic mass is 16.5. The molecule has 0 radical (unpaired) electrons. The van der Waals surface area contributed by atoms with Crippen LogP contribution in [-0.4, -0.2) is 49.9 Å². The van der Waals surface area contributed by atoms with E-state index in [-0.39, 0.29) is 18.4 Å². The summed E-state index contributed by atoms with van der Waals surface area (Å²) in [6.45, 7) is 2.35. The van der Waals surface area contributed by atoms with E-state index in [2.05, 4.69) is 21.9 Å². The molecule has 0 saturated heterocycles. The van der Waals surface area contributed by atoms with Crippen molar-refractivity contribution in [3.8, 4) is 11.8 Å². The van der Waals surface area contributed by atoms with Crippen LogP contribution in [0.15, 0.2) is 24.3 Å².